The average Bonchev–Trinajstić information content (AvgIpc) is 2.46. The lowest BCUT2D eigenvalue weighted by Crippen LogP contribution is -2.23. The zero-order valence-electron chi connectivity index (χ0n) is 11.4. The van der Waals surface area contributed by atoms with E-state index in [4.69, 9.17) is 26.8 Å². The fourth-order valence-electron chi connectivity index (χ4n) is 2.28. The maximum Gasteiger partial charge on any atom is 0.340 e. The zero-order valence-corrected chi connectivity index (χ0v) is 12.2. The molecule has 0 aromatic heterocycles. The molecule has 0 saturated carbocycles. The maximum absolute atomic E-state index is 11.8. The molecule has 0 atom stereocenters. The van der Waals surface area contributed by atoms with Crippen molar-refractivity contribution in [2.75, 3.05) is 37.9 Å². The molecule has 5 nitrogen and oxygen atoms in total. The van der Waals surface area contributed by atoms with Crippen LogP contribution in [0.1, 0.15) is 23.2 Å². The van der Waals surface area contributed by atoms with Crippen LogP contribution in [0.2, 0.25) is 5.02 Å². The molecule has 0 amide bonds. The van der Waals surface area contributed by atoms with Crippen molar-refractivity contribution in [3.05, 3.63) is 22.7 Å². The monoisotopic (exact) mass is 298 g/mol. The van der Waals surface area contributed by atoms with Gasteiger partial charge in [0.2, 0.25) is 0 Å². The Balaban J connectivity index is 2.14. The highest BCUT2D eigenvalue weighted by Crippen LogP contribution is 2.30. The predicted octanol–water partition coefficient (Wildman–Crippen LogP) is 2.55. The largest absolute Gasteiger partial charge is 0.465 e. The summed E-state index contributed by atoms with van der Waals surface area (Å²) in [7, 11) is 1.34. The lowest BCUT2D eigenvalue weighted by molar-refractivity contribution is 0.0601. The van der Waals surface area contributed by atoms with E-state index in [9.17, 15) is 4.79 Å². The molecule has 1 aliphatic heterocycles. The van der Waals surface area contributed by atoms with E-state index >= 15 is 0 Å². The Bertz CT molecular complexity index is 488. The van der Waals surface area contributed by atoms with Crippen LogP contribution in [-0.2, 0) is 9.47 Å². The molecule has 2 rings (SSSR count). The summed E-state index contributed by atoms with van der Waals surface area (Å²) in [6.45, 7) is 2.31. The summed E-state index contributed by atoms with van der Waals surface area (Å²) in [6.07, 6.45) is 2.01. The van der Waals surface area contributed by atoms with Crippen molar-refractivity contribution in [3.8, 4) is 0 Å². The van der Waals surface area contributed by atoms with Crippen LogP contribution in [0.5, 0.6) is 0 Å². The van der Waals surface area contributed by atoms with Gasteiger partial charge in [-0.15, -0.1) is 0 Å². The third-order valence-electron chi connectivity index (χ3n) is 3.43. The van der Waals surface area contributed by atoms with Crippen molar-refractivity contribution in [3.63, 3.8) is 0 Å². The Labute approximate surface area is 123 Å². The summed E-state index contributed by atoms with van der Waals surface area (Å²) < 4.78 is 10.1. The number of methoxy groups -OCH3 is 1. The summed E-state index contributed by atoms with van der Waals surface area (Å²) in [5, 5.41) is 3.68. The highest BCUT2D eigenvalue weighted by Gasteiger charge is 2.19. The Morgan fingerprint density at radius 3 is 2.85 bits per heavy atom. The maximum atomic E-state index is 11.8. The van der Waals surface area contributed by atoms with Crippen LogP contribution in [0.4, 0.5) is 11.4 Å². The van der Waals surface area contributed by atoms with Gasteiger partial charge in [-0.25, -0.2) is 4.79 Å². The van der Waals surface area contributed by atoms with Crippen LogP contribution in [0.3, 0.4) is 0 Å². The number of hydrogen-bond donors (Lipinski definition) is 2. The van der Waals surface area contributed by atoms with E-state index in [0.717, 1.165) is 32.6 Å². The minimum absolute atomic E-state index is 0.365. The Morgan fingerprint density at radius 2 is 2.20 bits per heavy atom. The fraction of sp³-hybridized carbons (Fsp3) is 0.500. The standard InChI is InChI=1S/C14H19ClN2O3/c1-19-14(18)11-6-10(16)7-12(15)13(11)17-8-9-2-4-20-5-3-9/h6-7,9,17H,2-5,8,16H2,1H3. The van der Waals surface area contributed by atoms with Gasteiger partial charge in [0.05, 0.1) is 23.4 Å². The molecular formula is C14H19ClN2O3. The van der Waals surface area contributed by atoms with Crippen molar-refractivity contribution in [2.45, 2.75) is 12.8 Å². The van der Waals surface area contributed by atoms with E-state index in [1.54, 1.807) is 12.1 Å². The second kappa shape index (κ2) is 6.81. The number of carbonyl (C=O) groups is 1. The second-order valence-corrected chi connectivity index (χ2v) is 5.26. The van der Waals surface area contributed by atoms with Gasteiger partial charge in [0, 0.05) is 25.4 Å². The molecule has 3 N–H and O–H groups in total. The molecule has 1 fully saturated rings. The van der Waals surface area contributed by atoms with Gasteiger partial charge < -0.3 is 20.5 Å². The van der Waals surface area contributed by atoms with Gasteiger partial charge in [0.25, 0.3) is 0 Å². The van der Waals surface area contributed by atoms with Crippen molar-refractivity contribution in [1.82, 2.24) is 0 Å². The van der Waals surface area contributed by atoms with Crippen LogP contribution >= 0.6 is 11.6 Å². The molecule has 1 heterocycles. The van der Waals surface area contributed by atoms with Gasteiger partial charge in [0.1, 0.15) is 0 Å². The summed E-state index contributed by atoms with van der Waals surface area (Å²) >= 11 is 6.18. The number of nitrogens with one attached hydrogen (secondary N) is 1. The lowest BCUT2D eigenvalue weighted by atomic mass is 10.00. The van der Waals surface area contributed by atoms with Crippen LogP contribution in [0, 0.1) is 5.92 Å². The summed E-state index contributed by atoms with van der Waals surface area (Å²) in [5.41, 5.74) is 7.11. The van der Waals surface area contributed by atoms with Gasteiger partial charge in [-0.3, -0.25) is 0 Å². The van der Waals surface area contributed by atoms with E-state index in [2.05, 4.69) is 5.32 Å². The molecule has 0 aliphatic carbocycles. The van der Waals surface area contributed by atoms with Gasteiger partial charge in [-0.2, -0.15) is 0 Å². The van der Waals surface area contributed by atoms with Crippen molar-refractivity contribution in [2.24, 2.45) is 5.92 Å². The second-order valence-electron chi connectivity index (χ2n) is 4.85. The lowest BCUT2D eigenvalue weighted by Gasteiger charge is -2.23. The van der Waals surface area contributed by atoms with Gasteiger partial charge in [-0.1, -0.05) is 11.6 Å². The van der Waals surface area contributed by atoms with E-state index in [-0.39, 0.29) is 0 Å². The number of nitrogen functional groups attached to an aromatic ring is 1. The minimum atomic E-state index is -0.450. The first kappa shape index (κ1) is 14.9. The summed E-state index contributed by atoms with van der Waals surface area (Å²) in [5.74, 6) is 0.0662. The topological polar surface area (TPSA) is 73.6 Å². The highest BCUT2D eigenvalue weighted by atomic mass is 35.5. The molecule has 0 unspecified atom stereocenters. The predicted molar refractivity (Wildman–Crippen MR) is 79.2 cm³/mol. The van der Waals surface area contributed by atoms with Crippen molar-refractivity contribution < 1.29 is 14.3 Å². The molecule has 0 spiro atoms. The molecule has 1 saturated heterocycles. The number of ether oxygens (including phenoxy) is 2. The normalized spacial score (nSPS) is 15.9. The van der Waals surface area contributed by atoms with E-state index in [1.165, 1.54) is 7.11 Å². The average molecular weight is 299 g/mol. The zero-order chi connectivity index (χ0) is 14.5. The molecule has 1 aliphatic rings. The van der Waals surface area contributed by atoms with Gasteiger partial charge in [0.15, 0.2) is 0 Å². The molecule has 1 aromatic rings. The minimum Gasteiger partial charge on any atom is -0.465 e. The van der Waals surface area contributed by atoms with Gasteiger partial charge >= 0.3 is 5.97 Å². The first-order valence-corrected chi connectivity index (χ1v) is 6.98. The molecule has 110 valence electrons. The van der Waals surface area contributed by atoms with Crippen LogP contribution in [0.25, 0.3) is 0 Å². The highest BCUT2D eigenvalue weighted by molar-refractivity contribution is 6.34. The number of rotatable bonds is 4. The summed E-state index contributed by atoms with van der Waals surface area (Å²) in [4.78, 5) is 11.8. The molecule has 6 heteroatoms. The third-order valence-corrected chi connectivity index (χ3v) is 3.72. The number of esters is 1. The number of halogens is 1. The Hall–Kier alpha value is -1.46. The SMILES string of the molecule is COC(=O)c1cc(N)cc(Cl)c1NCC1CCOCC1. The Morgan fingerprint density at radius 1 is 1.50 bits per heavy atom. The van der Waals surface area contributed by atoms with Crippen LogP contribution in [0.15, 0.2) is 12.1 Å². The molecule has 1 aromatic carbocycles. The first-order valence-electron chi connectivity index (χ1n) is 6.60. The molecule has 20 heavy (non-hydrogen) atoms. The smallest absolute Gasteiger partial charge is 0.340 e. The van der Waals surface area contributed by atoms with Crippen molar-refractivity contribution >= 4 is 28.9 Å². The molecular weight excluding hydrogens is 280 g/mol. The van der Waals surface area contributed by atoms with Crippen LogP contribution in [-0.4, -0.2) is 32.8 Å². The molecule has 0 radical (unpaired) electrons. The van der Waals surface area contributed by atoms with E-state index < -0.39 is 5.97 Å². The molecule has 0 bridgehead atoms. The number of carbonyl (C=O) groups excluding carboxylic acids is 1. The van der Waals surface area contributed by atoms with Crippen LogP contribution < -0.4 is 11.1 Å². The number of benzene rings is 1. The summed E-state index contributed by atoms with van der Waals surface area (Å²) in [6, 6.07) is 3.20. The van der Waals surface area contributed by atoms with E-state index in [1.807, 2.05) is 0 Å². The van der Waals surface area contributed by atoms with E-state index in [0.29, 0.717) is 27.9 Å². The first-order chi connectivity index (χ1) is 9.61. The quantitative estimate of drug-likeness (QED) is 0.660. The number of anilines is 2. The fourth-order valence-corrected chi connectivity index (χ4v) is 2.57. The third kappa shape index (κ3) is 3.55. The van der Waals surface area contributed by atoms with Crippen molar-refractivity contribution in [1.29, 1.82) is 0 Å². The number of nitrogens with two attached hydrogens (primary N) is 1. The van der Waals surface area contributed by atoms with Gasteiger partial charge in [-0.05, 0) is 30.9 Å². The number of hydrogen-bond acceptors (Lipinski definition) is 5. The Kier molecular flexibility index (Phi) is 5.09.